The Kier molecular flexibility index (Phi) is 2.53. The number of nitroso groups, excluding NO2 is 1. The van der Waals surface area contributed by atoms with Crippen LogP contribution >= 0.6 is 0 Å². The van der Waals surface area contributed by atoms with Gasteiger partial charge in [0.25, 0.3) is 0 Å². The van der Waals surface area contributed by atoms with Crippen molar-refractivity contribution in [3.63, 3.8) is 0 Å². The van der Waals surface area contributed by atoms with E-state index >= 15 is 0 Å². The van der Waals surface area contributed by atoms with Crippen molar-refractivity contribution in [1.82, 2.24) is 9.91 Å². The van der Waals surface area contributed by atoms with E-state index < -0.39 is 0 Å². The summed E-state index contributed by atoms with van der Waals surface area (Å²) in [6, 6.07) is 0.759. The number of piperidine rings is 1. The Morgan fingerprint density at radius 2 is 1.88 bits per heavy atom. The number of likely N-dealkylation sites (tertiary alicyclic amines) is 1. The highest BCUT2D eigenvalue weighted by Crippen LogP contribution is 2.53. The van der Waals surface area contributed by atoms with Gasteiger partial charge in [-0.3, -0.25) is 4.90 Å². The Balaban J connectivity index is 2.02. The standard InChI is InChI=1S/C12H24N3O/c1-8-10-9(7-14(8)12(2,3)4)11(10)15(16)13(5)6/h8-11H,7H2,1-6H3/q+1/t8-,9-,10+,11+/m1/s1. The summed E-state index contributed by atoms with van der Waals surface area (Å²) in [4.78, 5) is 15.5. The highest BCUT2D eigenvalue weighted by Gasteiger charge is 2.70. The van der Waals surface area contributed by atoms with E-state index in [1.54, 1.807) is 5.01 Å². The lowest BCUT2D eigenvalue weighted by atomic mass is 10.0. The fourth-order valence-corrected chi connectivity index (χ4v) is 3.32. The second-order valence-corrected chi connectivity index (χ2v) is 6.45. The molecule has 0 N–H and O–H groups in total. The molecule has 0 bridgehead atoms. The maximum Gasteiger partial charge on any atom is 0.244 e. The first-order chi connectivity index (χ1) is 7.25. The van der Waals surface area contributed by atoms with Crippen LogP contribution in [0.1, 0.15) is 27.7 Å². The zero-order valence-electron chi connectivity index (χ0n) is 11.3. The van der Waals surface area contributed by atoms with E-state index in [1.807, 2.05) is 14.1 Å². The molecule has 0 aromatic rings. The predicted octanol–water partition coefficient (Wildman–Crippen LogP) is 1.36. The molecule has 4 nitrogen and oxygen atoms in total. The minimum Gasteiger partial charge on any atom is -0.295 e. The van der Waals surface area contributed by atoms with E-state index in [0.29, 0.717) is 17.9 Å². The molecule has 0 unspecified atom stereocenters. The van der Waals surface area contributed by atoms with Gasteiger partial charge in [0.05, 0.1) is 30.8 Å². The first kappa shape index (κ1) is 11.8. The Bertz CT molecular complexity index is 308. The lowest BCUT2D eigenvalue weighted by Crippen LogP contribution is -2.48. The molecule has 92 valence electrons. The van der Waals surface area contributed by atoms with Gasteiger partial charge in [0.2, 0.25) is 6.04 Å². The third-order valence-corrected chi connectivity index (χ3v) is 4.15. The van der Waals surface area contributed by atoms with Gasteiger partial charge < -0.3 is 0 Å². The summed E-state index contributed by atoms with van der Waals surface area (Å²) in [5.74, 6) is 1.15. The van der Waals surface area contributed by atoms with Crippen LogP contribution in [0.4, 0.5) is 0 Å². The molecule has 4 heteroatoms. The normalized spacial score (nSPS) is 38.4. The predicted molar refractivity (Wildman–Crippen MR) is 64.0 cm³/mol. The fourth-order valence-electron chi connectivity index (χ4n) is 3.32. The van der Waals surface area contributed by atoms with Crippen LogP contribution < -0.4 is 0 Å². The molecule has 1 heterocycles. The maximum absolute atomic E-state index is 11.8. The van der Waals surface area contributed by atoms with E-state index in [2.05, 4.69) is 32.6 Å². The fraction of sp³-hybridized carbons (Fsp3) is 1.00. The van der Waals surface area contributed by atoms with Gasteiger partial charge in [0, 0.05) is 18.1 Å². The van der Waals surface area contributed by atoms with Crippen molar-refractivity contribution in [3.05, 3.63) is 4.91 Å². The van der Waals surface area contributed by atoms with Gasteiger partial charge in [0.15, 0.2) is 0 Å². The van der Waals surface area contributed by atoms with Crippen molar-refractivity contribution in [2.24, 2.45) is 11.8 Å². The highest BCUT2D eigenvalue weighted by atomic mass is 16.3. The van der Waals surface area contributed by atoms with Crippen LogP contribution in [0.15, 0.2) is 0 Å². The minimum atomic E-state index is 0.225. The second-order valence-electron chi connectivity index (χ2n) is 6.45. The molecule has 1 saturated heterocycles. The summed E-state index contributed by atoms with van der Waals surface area (Å²) >= 11 is 0. The number of fused-ring (bicyclic) bond motifs is 1. The third-order valence-electron chi connectivity index (χ3n) is 4.15. The molecule has 0 spiro atoms. The first-order valence-electron chi connectivity index (χ1n) is 6.15. The van der Waals surface area contributed by atoms with Crippen LogP contribution in [0.2, 0.25) is 0 Å². The van der Waals surface area contributed by atoms with Crippen molar-refractivity contribution in [2.45, 2.75) is 45.3 Å². The Morgan fingerprint density at radius 3 is 2.19 bits per heavy atom. The van der Waals surface area contributed by atoms with Crippen LogP contribution in [-0.2, 0) is 0 Å². The maximum atomic E-state index is 11.8. The molecule has 2 rings (SSSR count). The first-order valence-corrected chi connectivity index (χ1v) is 6.15. The van der Waals surface area contributed by atoms with Crippen LogP contribution in [0, 0.1) is 16.7 Å². The minimum absolute atomic E-state index is 0.225. The van der Waals surface area contributed by atoms with Crippen LogP contribution in [0.25, 0.3) is 0 Å². The van der Waals surface area contributed by atoms with E-state index in [9.17, 15) is 4.91 Å². The summed E-state index contributed by atoms with van der Waals surface area (Å²) in [7, 11) is 3.65. The second kappa shape index (κ2) is 3.42. The summed E-state index contributed by atoms with van der Waals surface area (Å²) < 4.78 is 0. The highest BCUT2D eigenvalue weighted by molar-refractivity contribution is 5.12. The van der Waals surface area contributed by atoms with Crippen molar-refractivity contribution < 1.29 is 4.87 Å². The molecular weight excluding hydrogens is 202 g/mol. The topological polar surface area (TPSA) is 26.6 Å². The Morgan fingerprint density at radius 1 is 1.31 bits per heavy atom. The molecule has 0 amide bonds. The van der Waals surface area contributed by atoms with E-state index in [0.717, 1.165) is 11.4 Å². The molecule has 0 aromatic carbocycles. The molecule has 16 heavy (non-hydrogen) atoms. The smallest absolute Gasteiger partial charge is 0.244 e. The molecule has 1 aliphatic carbocycles. The Hall–Kier alpha value is -0.640. The molecule has 4 atom stereocenters. The number of nitrogens with zero attached hydrogens (tertiary/aromatic N) is 3. The van der Waals surface area contributed by atoms with Crippen LogP contribution in [-0.4, -0.2) is 53.0 Å². The largest absolute Gasteiger partial charge is 0.295 e. The van der Waals surface area contributed by atoms with E-state index in [-0.39, 0.29) is 11.6 Å². The number of hydrazine groups is 1. The number of rotatable bonds is 2. The number of hydrogen-bond donors (Lipinski definition) is 0. The van der Waals surface area contributed by atoms with Gasteiger partial charge in [-0.25, -0.2) is 0 Å². The Labute approximate surface area is 98.1 Å². The van der Waals surface area contributed by atoms with Gasteiger partial charge in [-0.05, 0) is 27.7 Å². The molecule has 2 aliphatic rings. The van der Waals surface area contributed by atoms with Crippen molar-refractivity contribution in [1.29, 1.82) is 0 Å². The zero-order valence-corrected chi connectivity index (χ0v) is 11.3. The lowest BCUT2D eigenvalue weighted by molar-refractivity contribution is -0.712. The van der Waals surface area contributed by atoms with Gasteiger partial charge in [0.1, 0.15) is 4.87 Å². The summed E-state index contributed by atoms with van der Waals surface area (Å²) in [5, 5.41) is 1.66. The van der Waals surface area contributed by atoms with Crippen molar-refractivity contribution in [2.75, 3.05) is 20.6 Å². The van der Waals surface area contributed by atoms with Crippen LogP contribution in [0.5, 0.6) is 0 Å². The molecule has 2 fully saturated rings. The van der Waals surface area contributed by atoms with Crippen molar-refractivity contribution >= 4 is 0 Å². The summed E-state index contributed by atoms with van der Waals surface area (Å²) in [6.07, 6.45) is 0. The van der Waals surface area contributed by atoms with Crippen molar-refractivity contribution in [3.8, 4) is 0 Å². The lowest BCUT2D eigenvalue weighted by Gasteiger charge is -2.37. The summed E-state index contributed by atoms with van der Waals surface area (Å²) in [5.41, 5.74) is 0.225. The number of hydrogen-bond acceptors (Lipinski definition) is 2. The van der Waals surface area contributed by atoms with E-state index in [4.69, 9.17) is 0 Å². The molecular formula is C12H24N3O+. The molecule has 0 radical (unpaired) electrons. The average Bonchev–Trinajstić information content (AvgIpc) is 2.74. The molecule has 0 aromatic heterocycles. The van der Waals surface area contributed by atoms with Gasteiger partial charge in [-0.1, -0.05) is 0 Å². The zero-order chi connectivity index (χ0) is 12.2. The summed E-state index contributed by atoms with van der Waals surface area (Å²) in [6.45, 7) is 10.1. The van der Waals surface area contributed by atoms with Gasteiger partial charge in [-0.15, -0.1) is 5.01 Å². The average molecular weight is 226 g/mol. The van der Waals surface area contributed by atoms with Gasteiger partial charge >= 0.3 is 0 Å². The monoisotopic (exact) mass is 226 g/mol. The van der Waals surface area contributed by atoms with Crippen LogP contribution in [0.3, 0.4) is 0 Å². The molecule has 1 saturated carbocycles. The van der Waals surface area contributed by atoms with E-state index in [1.165, 1.54) is 0 Å². The SMILES string of the molecule is C[C@@H]1[C@H]2[C@@H](CN1C(C)(C)C)[C@@H]2[N+](=O)N(C)C. The molecule has 1 aliphatic heterocycles. The quantitative estimate of drug-likeness (QED) is 0.525. The van der Waals surface area contributed by atoms with Gasteiger partial charge in [-0.2, -0.15) is 0 Å². The third kappa shape index (κ3) is 1.63.